The number of hydrogen-bond donors (Lipinski definition) is 0. The Hall–Kier alpha value is -13.8. The minimum Gasteiger partial charge on any atom is -0.457 e. The van der Waals surface area contributed by atoms with Crippen LogP contribution in [0.2, 0.25) is 0 Å². The molecular formula is C96H62B2N2O8. The lowest BCUT2D eigenvalue weighted by atomic mass is 9.31. The van der Waals surface area contributed by atoms with Gasteiger partial charge >= 0.3 is 23.9 Å². The maximum Gasteiger partial charge on any atom is 0.338 e. The lowest BCUT2D eigenvalue weighted by Crippen LogP contribution is -2.60. The van der Waals surface area contributed by atoms with E-state index in [0.29, 0.717) is 22.3 Å². The summed E-state index contributed by atoms with van der Waals surface area (Å²) in [7, 11) is 0. The van der Waals surface area contributed by atoms with Gasteiger partial charge in [0.1, 0.15) is 26.4 Å². The first-order valence-corrected chi connectivity index (χ1v) is 36.4. The molecular weight excluding hydrogens is 1330 g/mol. The topological polar surface area (TPSA) is 112 Å². The summed E-state index contributed by atoms with van der Waals surface area (Å²) in [6.45, 7) is -0.644. The molecule has 0 amide bonds. The summed E-state index contributed by atoms with van der Waals surface area (Å²) in [6, 6.07) is 110. The van der Waals surface area contributed by atoms with Crippen LogP contribution in [-0.4, -0.2) is 37.3 Å². The van der Waals surface area contributed by atoms with E-state index in [1.54, 1.807) is 0 Å². The molecule has 0 N–H and O–H groups in total. The molecule has 20 rings (SSSR count). The fourth-order valence-corrected chi connectivity index (χ4v) is 17.2. The number of nitrogens with zero attached hydrogens (tertiary/aromatic N) is 2. The van der Waals surface area contributed by atoms with Crippen LogP contribution in [0.25, 0.3) is 76.8 Å². The fraction of sp³-hybridized carbons (Fsp3) is 0.0417. The Morgan fingerprint density at radius 3 is 0.880 bits per heavy atom. The molecule has 0 saturated carbocycles. The average Bonchev–Trinajstić information content (AvgIpc) is 0.614. The van der Waals surface area contributed by atoms with E-state index in [2.05, 4.69) is 119 Å². The maximum absolute atomic E-state index is 15.4. The van der Waals surface area contributed by atoms with E-state index in [-0.39, 0.29) is 26.4 Å². The van der Waals surface area contributed by atoms with Crippen molar-refractivity contribution < 1.29 is 38.1 Å². The van der Waals surface area contributed by atoms with Crippen LogP contribution in [-0.2, 0) is 45.4 Å². The molecule has 0 fully saturated rings. The zero-order valence-corrected chi connectivity index (χ0v) is 58.3. The number of benzene rings is 16. The van der Waals surface area contributed by atoms with Crippen molar-refractivity contribution in [2.24, 2.45) is 0 Å². The number of hydrogen-bond acceptors (Lipinski definition) is 10. The van der Waals surface area contributed by atoms with E-state index in [1.807, 2.05) is 218 Å². The molecule has 0 saturated heterocycles. The van der Waals surface area contributed by atoms with Gasteiger partial charge in [0, 0.05) is 34.1 Å². The van der Waals surface area contributed by atoms with E-state index >= 15 is 9.59 Å². The Balaban J connectivity index is 0.896. The van der Waals surface area contributed by atoms with Crippen LogP contribution in [0.15, 0.2) is 328 Å². The highest BCUT2D eigenvalue weighted by atomic mass is 16.5. The third-order valence-corrected chi connectivity index (χ3v) is 21.9. The van der Waals surface area contributed by atoms with Gasteiger partial charge in [0.15, 0.2) is 0 Å². The second-order valence-electron chi connectivity index (χ2n) is 28.1. The Bertz CT molecular complexity index is 5940. The van der Waals surface area contributed by atoms with Crippen LogP contribution in [0.1, 0.15) is 63.7 Å². The molecule has 0 atom stereocenters. The van der Waals surface area contributed by atoms with Gasteiger partial charge in [-0.2, -0.15) is 0 Å². The van der Waals surface area contributed by atoms with E-state index in [0.717, 1.165) is 166 Å². The van der Waals surface area contributed by atoms with Crippen LogP contribution in [0.5, 0.6) is 0 Å². The Kier molecular flexibility index (Phi) is 15.4. The van der Waals surface area contributed by atoms with Gasteiger partial charge in [-0.1, -0.05) is 254 Å². The van der Waals surface area contributed by atoms with Crippen molar-refractivity contribution in [2.75, 3.05) is 9.80 Å². The molecule has 4 heterocycles. The molecule has 0 aliphatic carbocycles. The van der Waals surface area contributed by atoms with Crippen LogP contribution in [0.4, 0.5) is 34.1 Å². The van der Waals surface area contributed by atoms with Crippen molar-refractivity contribution in [3.05, 3.63) is 372 Å². The monoisotopic (exact) mass is 1390 g/mol. The second kappa shape index (κ2) is 26.1. The number of anilines is 6. The minimum atomic E-state index is -0.488. The quantitative estimate of drug-likeness (QED) is 0.0401. The Labute approximate surface area is 623 Å². The number of ether oxygens (including phenoxy) is 4. The summed E-state index contributed by atoms with van der Waals surface area (Å²) in [4.78, 5) is 64.4. The molecule has 0 unspecified atom stereocenters. The predicted molar refractivity (Wildman–Crippen MR) is 433 cm³/mol. The molecule has 12 heteroatoms. The van der Waals surface area contributed by atoms with Crippen LogP contribution in [0.3, 0.4) is 0 Å². The summed E-state index contributed by atoms with van der Waals surface area (Å²) in [6.07, 6.45) is 0. The number of rotatable bonds is 16. The molecule has 0 bridgehead atoms. The molecule has 4 aliphatic heterocycles. The molecule has 10 nitrogen and oxygen atoms in total. The smallest absolute Gasteiger partial charge is 0.338 e. The number of fused-ring (bicyclic) bond motifs is 8. The first-order chi connectivity index (χ1) is 53.2. The Morgan fingerprint density at radius 1 is 0.250 bits per heavy atom. The number of carbonyl (C=O) groups excluding carboxylic acids is 4. The molecule has 108 heavy (non-hydrogen) atoms. The predicted octanol–water partition coefficient (Wildman–Crippen LogP) is 17.9. The molecule has 0 spiro atoms. The number of carbonyl (C=O) groups is 4. The summed E-state index contributed by atoms with van der Waals surface area (Å²) in [5.41, 5.74) is 23.2. The fourth-order valence-electron chi connectivity index (χ4n) is 17.2. The van der Waals surface area contributed by atoms with Crippen molar-refractivity contribution >= 4 is 137 Å². The van der Waals surface area contributed by atoms with E-state index in [9.17, 15) is 9.59 Å². The first-order valence-electron chi connectivity index (χ1n) is 36.4. The number of para-hydroxylation sites is 2. The van der Waals surface area contributed by atoms with E-state index < -0.39 is 37.3 Å². The molecule has 16 aromatic carbocycles. The lowest BCUT2D eigenvalue weighted by molar-refractivity contribution is 0.0464. The van der Waals surface area contributed by atoms with Crippen LogP contribution >= 0.6 is 0 Å². The maximum atomic E-state index is 15.4. The normalized spacial score (nSPS) is 12.5. The SMILES string of the molecule is O=C(OCc1ccccc1)c1ccc2c(c1)N(c1ccccc1)c1cc(C(=O)OCc3ccccc3)cc3c1B2c1cc2c(-c4ccccc4)cc4c5c(cc6c(-c7ccccc7)cc-3c1c6c25)B1c2ccc(C(=O)OCc3ccccc3)cc2N(c2ccccc2)c2cc(C(=O)OCc3ccccc3)cc-4c21. The standard InChI is InChI=1S/C96H62B2N2O8/c101-93(105-55-59-25-9-1-10-26-59)65-41-43-79-83(47-65)99(69-37-21-7-22-38-69)85-49-67(95(103)107-57-61-29-13-3-14-30-61)45-77-73-51-72(64-35-19-6-20-36-64)76-54-82-88-74(52-71(63-33-17-5-18-34-63)75-53-81(97(79)91(77)85)87(73)89(76)90(75)88)78-46-68(96(104)108-58-62-31-15-4-16-32-62)50-86-92(78)98(82)80-44-42-66(94(102)106-56-60-27-11-2-12-28-60)48-84(80)100(86)70-39-23-8-24-40-70/h1-54H,55-58H2. The molecule has 510 valence electrons. The highest BCUT2D eigenvalue weighted by Crippen LogP contribution is 2.53. The van der Waals surface area contributed by atoms with Gasteiger partial charge in [-0.25, -0.2) is 19.2 Å². The van der Waals surface area contributed by atoms with Crippen LogP contribution < -0.4 is 42.6 Å². The van der Waals surface area contributed by atoms with Gasteiger partial charge in [0.25, 0.3) is 0 Å². The van der Waals surface area contributed by atoms with E-state index in [4.69, 9.17) is 18.9 Å². The van der Waals surface area contributed by atoms with Crippen molar-refractivity contribution in [1.29, 1.82) is 0 Å². The van der Waals surface area contributed by atoms with Gasteiger partial charge in [-0.3, -0.25) is 0 Å². The molecule has 4 aliphatic rings. The highest BCUT2D eigenvalue weighted by molar-refractivity contribution is 7.02. The summed E-state index contributed by atoms with van der Waals surface area (Å²) in [5.74, 6) is -1.92. The zero-order chi connectivity index (χ0) is 72.1. The summed E-state index contributed by atoms with van der Waals surface area (Å²) >= 11 is 0. The first kappa shape index (κ1) is 63.8. The Morgan fingerprint density at radius 2 is 0.546 bits per heavy atom. The van der Waals surface area contributed by atoms with Gasteiger partial charge in [-0.05, 0) is 206 Å². The third-order valence-electron chi connectivity index (χ3n) is 21.9. The van der Waals surface area contributed by atoms with Crippen molar-refractivity contribution in [1.82, 2.24) is 0 Å². The number of esters is 4. The molecule has 0 aromatic heterocycles. The summed E-state index contributed by atoms with van der Waals surface area (Å²) < 4.78 is 25.0. The van der Waals surface area contributed by atoms with Crippen LogP contribution in [0, 0.1) is 0 Å². The van der Waals surface area contributed by atoms with Gasteiger partial charge in [0.2, 0.25) is 13.4 Å². The largest absolute Gasteiger partial charge is 0.457 e. The van der Waals surface area contributed by atoms with Crippen molar-refractivity contribution in [2.45, 2.75) is 26.4 Å². The summed E-state index contributed by atoms with van der Waals surface area (Å²) in [5, 5.41) is 6.15. The second-order valence-corrected chi connectivity index (χ2v) is 28.1. The molecule has 0 radical (unpaired) electrons. The van der Waals surface area contributed by atoms with E-state index in [1.165, 1.54) is 0 Å². The van der Waals surface area contributed by atoms with Gasteiger partial charge in [0.05, 0.1) is 22.3 Å². The lowest BCUT2D eigenvalue weighted by Gasteiger charge is -2.42. The third kappa shape index (κ3) is 10.7. The average molecular weight is 1390 g/mol. The minimum absolute atomic E-state index is 0.0586. The van der Waals surface area contributed by atoms with Crippen molar-refractivity contribution in [3.8, 4) is 44.5 Å². The zero-order valence-electron chi connectivity index (χ0n) is 58.3. The van der Waals surface area contributed by atoms with Gasteiger partial charge in [-0.15, -0.1) is 0 Å². The molecule has 16 aromatic rings. The van der Waals surface area contributed by atoms with Crippen molar-refractivity contribution in [3.63, 3.8) is 0 Å². The highest BCUT2D eigenvalue weighted by Gasteiger charge is 2.47. The van der Waals surface area contributed by atoms with Gasteiger partial charge < -0.3 is 28.7 Å².